The van der Waals surface area contributed by atoms with Gasteiger partial charge in [0.15, 0.2) is 5.82 Å². The number of carbonyl (C=O) groups excluding carboxylic acids is 1. The van der Waals surface area contributed by atoms with Crippen LogP contribution in [0.5, 0.6) is 0 Å². The van der Waals surface area contributed by atoms with Crippen LogP contribution in [0.2, 0.25) is 0 Å². The van der Waals surface area contributed by atoms with Gasteiger partial charge in [-0.25, -0.2) is 9.37 Å². The van der Waals surface area contributed by atoms with E-state index in [0.29, 0.717) is 36.9 Å². The van der Waals surface area contributed by atoms with Crippen molar-refractivity contribution in [1.82, 2.24) is 19.8 Å². The highest BCUT2D eigenvalue weighted by Gasteiger charge is 2.41. The molecule has 6 nitrogen and oxygen atoms in total. The smallest absolute Gasteiger partial charge is 0.228 e. The van der Waals surface area contributed by atoms with Gasteiger partial charge in [-0.1, -0.05) is 36.4 Å². The van der Waals surface area contributed by atoms with Crippen LogP contribution in [0.1, 0.15) is 49.8 Å². The third-order valence-electron chi connectivity index (χ3n) is 8.01. The van der Waals surface area contributed by atoms with E-state index in [-0.39, 0.29) is 23.7 Å². The number of imidazole rings is 1. The van der Waals surface area contributed by atoms with Crippen LogP contribution < -0.4 is 5.32 Å². The monoisotopic (exact) mass is 462 g/mol. The summed E-state index contributed by atoms with van der Waals surface area (Å²) in [4.78, 5) is 19.7. The minimum absolute atomic E-state index is 0.00647. The number of aromatic nitrogens is 2. The fraction of sp³-hybridized carbons (Fsp3) is 0.481. The number of nitrogens with zero attached hydrogens (tertiary/aromatic N) is 3. The maximum atomic E-state index is 14.2. The standard InChI is InChI=1S/C27H31FN4O2/c28-23-7-4-8-25-26(23)29-17-32(25)22-13-20-9-10-21(14-22)31(20)12-11-24(18-5-2-1-3-6-18)30-27(33)19-15-34-16-19/h1-8,17,19-22,24H,9-16H2,(H,30,33)/t20-,21+,22-,24-/m0/s1. The van der Waals surface area contributed by atoms with Crippen molar-refractivity contribution in [3.63, 3.8) is 0 Å². The molecule has 2 bridgehead atoms. The summed E-state index contributed by atoms with van der Waals surface area (Å²) >= 11 is 0. The lowest BCUT2D eigenvalue weighted by atomic mass is 9.95. The van der Waals surface area contributed by atoms with E-state index in [0.717, 1.165) is 36.9 Å². The summed E-state index contributed by atoms with van der Waals surface area (Å²) in [5.74, 6) is -0.173. The fourth-order valence-corrected chi connectivity index (χ4v) is 6.11. The average Bonchev–Trinajstić information content (AvgIpc) is 3.34. The molecule has 0 aliphatic carbocycles. The quantitative estimate of drug-likeness (QED) is 0.571. The maximum Gasteiger partial charge on any atom is 0.228 e. The van der Waals surface area contributed by atoms with E-state index < -0.39 is 0 Å². The highest BCUT2D eigenvalue weighted by atomic mass is 19.1. The Bertz CT molecular complexity index is 1150. The third-order valence-corrected chi connectivity index (χ3v) is 8.01. The number of hydrogen-bond donors (Lipinski definition) is 1. The predicted octanol–water partition coefficient (Wildman–Crippen LogP) is 4.24. The molecule has 3 aromatic rings. The van der Waals surface area contributed by atoms with Crippen LogP contribution >= 0.6 is 0 Å². The molecule has 1 amide bonds. The Morgan fingerprint density at radius 1 is 1.06 bits per heavy atom. The van der Waals surface area contributed by atoms with Gasteiger partial charge in [-0.3, -0.25) is 9.69 Å². The van der Waals surface area contributed by atoms with Crippen LogP contribution in [0.3, 0.4) is 0 Å². The molecule has 2 aromatic carbocycles. The number of amides is 1. The predicted molar refractivity (Wildman–Crippen MR) is 128 cm³/mol. The lowest BCUT2D eigenvalue weighted by Gasteiger charge is -2.40. The van der Waals surface area contributed by atoms with E-state index >= 15 is 0 Å². The molecule has 7 heteroatoms. The summed E-state index contributed by atoms with van der Waals surface area (Å²) in [6.45, 7) is 2.01. The van der Waals surface area contributed by atoms with Gasteiger partial charge in [-0.15, -0.1) is 0 Å². The van der Waals surface area contributed by atoms with Crippen molar-refractivity contribution in [2.75, 3.05) is 19.8 Å². The molecule has 3 aliphatic heterocycles. The third kappa shape index (κ3) is 4.01. The number of nitrogens with one attached hydrogen (secondary N) is 1. The van der Waals surface area contributed by atoms with Gasteiger partial charge in [0.2, 0.25) is 5.91 Å². The highest BCUT2D eigenvalue weighted by molar-refractivity contribution is 5.80. The number of fused-ring (bicyclic) bond motifs is 3. The summed E-state index contributed by atoms with van der Waals surface area (Å²) in [6, 6.07) is 16.9. The number of piperidine rings is 1. The molecule has 178 valence electrons. The zero-order valence-electron chi connectivity index (χ0n) is 19.3. The van der Waals surface area contributed by atoms with E-state index in [1.807, 2.05) is 30.6 Å². The summed E-state index contributed by atoms with van der Waals surface area (Å²) in [5.41, 5.74) is 2.52. The first-order valence-corrected chi connectivity index (χ1v) is 12.5. The largest absolute Gasteiger partial charge is 0.380 e. The lowest BCUT2D eigenvalue weighted by Crippen LogP contribution is -2.46. The number of ether oxygens (including phenoxy) is 1. The topological polar surface area (TPSA) is 59.4 Å². The highest BCUT2D eigenvalue weighted by Crippen LogP contribution is 2.42. The number of carbonyl (C=O) groups is 1. The Balaban J connectivity index is 1.14. The van der Waals surface area contributed by atoms with E-state index in [1.54, 1.807) is 6.07 Å². The van der Waals surface area contributed by atoms with Crippen LogP contribution in [-0.4, -0.2) is 52.2 Å². The molecule has 4 heterocycles. The zero-order valence-corrected chi connectivity index (χ0v) is 19.3. The van der Waals surface area contributed by atoms with Gasteiger partial charge in [-0.2, -0.15) is 0 Å². The Labute approximate surface area is 199 Å². The molecule has 3 saturated heterocycles. The van der Waals surface area contributed by atoms with Gasteiger partial charge in [-0.05, 0) is 49.8 Å². The van der Waals surface area contributed by atoms with Gasteiger partial charge in [0.1, 0.15) is 5.52 Å². The van der Waals surface area contributed by atoms with E-state index in [9.17, 15) is 9.18 Å². The summed E-state index contributed by atoms with van der Waals surface area (Å²) in [7, 11) is 0. The number of halogens is 1. The van der Waals surface area contributed by atoms with Crippen molar-refractivity contribution in [3.8, 4) is 0 Å². The van der Waals surface area contributed by atoms with E-state index in [4.69, 9.17) is 4.74 Å². The normalized spacial score (nSPS) is 25.9. The van der Waals surface area contributed by atoms with Gasteiger partial charge < -0.3 is 14.6 Å². The van der Waals surface area contributed by atoms with Gasteiger partial charge in [0.25, 0.3) is 0 Å². The molecule has 4 atom stereocenters. The van der Waals surface area contributed by atoms with Gasteiger partial charge in [0, 0.05) is 24.7 Å². The minimum Gasteiger partial charge on any atom is -0.380 e. The molecule has 34 heavy (non-hydrogen) atoms. The first-order valence-electron chi connectivity index (χ1n) is 12.5. The molecule has 0 radical (unpaired) electrons. The molecular weight excluding hydrogens is 431 g/mol. The molecular formula is C27H31FN4O2. The van der Waals surface area contributed by atoms with Crippen molar-refractivity contribution in [2.45, 2.75) is 56.3 Å². The number of hydrogen-bond acceptors (Lipinski definition) is 4. The SMILES string of the molecule is O=C(N[C@@H](CCN1[C@@H]2CC[C@H]1C[C@H](n1cnc3c(F)cccc31)C2)c1ccccc1)C1COC1. The van der Waals surface area contributed by atoms with Crippen molar-refractivity contribution in [3.05, 3.63) is 66.2 Å². The van der Waals surface area contributed by atoms with Crippen molar-refractivity contribution in [1.29, 1.82) is 0 Å². The van der Waals surface area contributed by atoms with E-state index in [1.165, 1.54) is 18.9 Å². The average molecular weight is 463 g/mol. The minimum atomic E-state index is -0.251. The van der Waals surface area contributed by atoms with Crippen LogP contribution in [0.25, 0.3) is 11.0 Å². The Morgan fingerprint density at radius 3 is 2.53 bits per heavy atom. The maximum absolute atomic E-state index is 14.2. The zero-order chi connectivity index (χ0) is 23.1. The second kappa shape index (κ2) is 9.12. The molecule has 6 rings (SSSR count). The number of benzene rings is 2. The second-order valence-electron chi connectivity index (χ2n) is 10.0. The Morgan fingerprint density at radius 2 is 1.82 bits per heavy atom. The summed E-state index contributed by atoms with van der Waals surface area (Å²) < 4.78 is 21.6. The van der Waals surface area contributed by atoms with Crippen LogP contribution in [0.15, 0.2) is 54.9 Å². The van der Waals surface area contributed by atoms with Gasteiger partial charge in [0.05, 0.1) is 37.0 Å². The first kappa shape index (κ1) is 21.7. The number of rotatable bonds is 7. The Hall–Kier alpha value is -2.77. The molecule has 0 unspecified atom stereocenters. The van der Waals surface area contributed by atoms with Crippen molar-refractivity contribution < 1.29 is 13.9 Å². The molecule has 1 N–H and O–H groups in total. The Kier molecular flexibility index (Phi) is 5.83. The van der Waals surface area contributed by atoms with Crippen LogP contribution in [-0.2, 0) is 9.53 Å². The van der Waals surface area contributed by atoms with Crippen molar-refractivity contribution >= 4 is 16.9 Å². The molecule has 3 aliphatic rings. The lowest BCUT2D eigenvalue weighted by molar-refractivity contribution is -0.139. The van der Waals surface area contributed by atoms with Crippen molar-refractivity contribution in [2.24, 2.45) is 5.92 Å². The summed E-state index contributed by atoms with van der Waals surface area (Å²) in [5, 5.41) is 3.29. The fourth-order valence-electron chi connectivity index (χ4n) is 6.11. The van der Waals surface area contributed by atoms with Crippen LogP contribution in [0, 0.1) is 11.7 Å². The second-order valence-corrected chi connectivity index (χ2v) is 10.0. The molecule has 1 aromatic heterocycles. The number of para-hydroxylation sites is 1. The van der Waals surface area contributed by atoms with Crippen LogP contribution in [0.4, 0.5) is 4.39 Å². The molecule has 0 spiro atoms. The summed E-state index contributed by atoms with van der Waals surface area (Å²) in [6.07, 6.45) is 7.22. The van der Waals surface area contributed by atoms with E-state index in [2.05, 4.69) is 31.9 Å². The first-order chi connectivity index (χ1) is 16.7. The molecule has 3 fully saturated rings. The molecule has 0 saturated carbocycles. The van der Waals surface area contributed by atoms with Gasteiger partial charge >= 0.3 is 0 Å².